The van der Waals surface area contributed by atoms with Crippen LogP contribution in [0.3, 0.4) is 0 Å². The van der Waals surface area contributed by atoms with E-state index in [1.807, 2.05) is 6.07 Å². The first-order valence-electron chi connectivity index (χ1n) is 9.05. The van der Waals surface area contributed by atoms with Crippen LogP contribution in [0.5, 0.6) is 0 Å². The third kappa shape index (κ3) is 2.83. The fourth-order valence-electron chi connectivity index (χ4n) is 3.50. The van der Waals surface area contributed by atoms with Crippen LogP contribution in [0.25, 0.3) is 22.6 Å². The summed E-state index contributed by atoms with van der Waals surface area (Å²) in [7, 11) is 0. The van der Waals surface area contributed by atoms with Gasteiger partial charge in [0.15, 0.2) is 11.5 Å². The summed E-state index contributed by atoms with van der Waals surface area (Å²) in [6.45, 7) is 0.224. The SMILES string of the molecule is NC1c2cnc(-c3nn(Cc4ccccc4F)c4ncccc34)nc2NC1C=O. The third-order valence-electron chi connectivity index (χ3n) is 5.01. The van der Waals surface area contributed by atoms with Gasteiger partial charge < -0.3 is 15.8 Å². The molecule has 0 saturated carbocycles. The number of aromatic nitrogens is 5. The summed E-state index contributed by atoms with van der Waals surface area (Å²) in [6.07, 6.45) is 4.02. The first-order valence-corrected chi connectivity index (χ1v) is 9.05. The summed E-state index contributed by atoms with van der Waals surface area (Å²) in [4.78, 5) is 24.5. The van der Waals surface area contributed by atoms with Crippen molar-refractivity contribution in [2.75, 3.05) is 5.32 Å². The van der Waals surface area contributed by atoms with Crippen LogP contribution < -0.4 is 11.1 Å². The smallest absolute Gasteiger partial charge is 0.182 e. The number of halogens is 1. The summed E-state index contributed by atoms with van der Waals surface area (Å²) in [6, 6.07) is 9.18. The molecule has 0 radical (unpaired) electrons. The third-order valence-corrected chi connectivity index (χ3v) is 5.01. The number of nitrogens with zero attached hydrogens (tertiary/aromatic N) is 5. The Kier molecular flexibility index (Phi) is 4.02. The van der Waals surface area contributed by atoms with Crippen molar-refractivity contribution in [3.8, 4) is 11.5 Å². The highest BCUT2D eigenvalue weighted by Crippen LogP contribution is 2.32. The van der Waals surface area contributed by atoms with Crippen LogP contribution in [0, 0.1) is 5.82 Å². The van der Waals surface area contributed by atoms with Crippen molar-refractivity contribution in [1.29, 1.82) is 0 Å². The number of nitrogens with two attached hydrogens (primary N) is 1. The van der Waals surface area contributed by atoms with Gasteiger partial charge in [0.1, 0.15) is 29.7 Å². The molecule has 4 heterocycles. The highest BCUT2D eigenvalue weighted by atomic mass is 19.1. The minimum atomic E-state index is -0.536. The molecule has 29 heavy (non-hydrogen) atoms. The molecule has 144 valence electrons. The van der Waals surface area contributed by atoms with E-state index in [-0.39, 0.29) is 12.4 Å². The lowest BCUT2D eigenvalue weighted by Gasteiger charge is -2.06. The number of aldehydes is 1. The van der Waals surface area contributed by atoms with E-state index < -0.39 is 12.1 Å². The Hall–Kier alpha value is -3.72. The van der Waals surface area contributed by atoms with E-state index in [4.69, 9.17) is 5.73 Å². The van der Waals surface area contributed by atoms with Gasteiger partial charge in [0, 0.05) is 23.5 Å². The van der Waals surface area contributed by atoms with Gasteiger partial charge >= 0.3 is 0 Å². The second-order valence-electron chi connectivity index (χ2n) is 6.80. The fraction of sp³-hybridized carbons (Fsp3) is 0.150. The van der Waals surface area contributed by atoms with E-state index >= 15 is 0 Å². The Bertz CT molecular complexity index is 1240. The van der Waals surface area contributed by atoms with Crippen LogP contribution in [-0.4, -0.2) is 37.1 Å². The monoisotopic (exact) mass is 389 g/mol. The lowest BCUT2D eigenvalue weighted by molar-refractivity contribution is -0.108. The van der Waals surface area contributed by atoms with Crippen LogP contribution in [0.4, 0.5) is 10.2 Å². The molecule has 9 heteroatoms. The largest absolute Gasteiger partial charge is 0.358 e. The molecule has 0 spiro atoms. The second kappa shape index (κ2) is 6.71. The van der Waals surface area contributed by atoms with Crippen molar-refractivity contribution in [3.63, 3.8) is 0 Å². The molecule has 1 aliphatic rings. The number of carbonyl (C=O) groups is 1. The Balaban J connectivity index is 1.60. The normalized spacial score (nSPS) is 17.9. The molecule has 3 N–H and O–H groups in total. The zero-order chi connectivity index (χ0) is 20.0. The van der Waals surface area contributed by atoms with Crippen LogP contribution in [0.1, 0.15) is 17.2 Å². The number of rotatable bonds is 4. The van der Waals surface area contributed by atoms with Crippen molar-refractivity contribution in [1.82, 2.24) is 24.7 Å². The molecule has 1 aromatic carbocycles. The number of fused-ring (bicyclic) bond motifs is 2. The first kappa shape index (κ1) is 17.4. The van der Waals surface area contributed by atoms with Gasteiger partial charge in [0.2, 0.25) is 0 Å². The van der Waals surface area contributed by atoms with Crippen molar-refractivity contribution in [2.24, 2.45) is 5.73 Å². The maximum atomic E-state index is 14.1. The minimum absolute atomic E-state index is 0.224. The van der Waals surface area contributed by atoms with E-state index in [1.165, 1.54) is 6.07 Å². The Labute approximate surface area is 164 Å². The summed E-state index contributed by atoms with van der Waals surface area (Å²) < 4.78 is 15.8. The average Bonchev–Trinajstić information content (AvgIpc) is 3.27. The minimum Gasteiger partial charge on any atom is -0.358 e. The summed E-state index contributed by atoms with van der Waals surface area (Å²) in [5.41, 5.74) is 8.36. The molecular weight excluding hydrogens is 373 g/mol. The Morgan fingerprint density at radius 2 is 2.07 bits per heavy atom. The molecule has 0 aliphatic carbocycles. The summed E-state index contributed by atoms with van der Waals surface area (Å²) in [5, 5.41) is 8.36. The van der Waals surface area contributed by atoms with Gasteiger partial charge in [0.25, 0.3) is 0 Å². The molecule has 0 bridgehead atoms. The van der Waals surface area contributed by atoms with Crippen LogP contribution in [-0.2, 0) is 11.3 Å². The standard InChI is InChI=1S/C20H16FN7O/c21-14-6-2-1-4-11(14)9-28-20-12(5-3-7-23-20)17(27-28)19-24-8-13-16(22)15(10-29)25-18(13)26-19/h1-8,10,15-16H,9,22H2,(H,24,25,26). The molecule has 1 aliphatic heterocycles. The number of anilines is 1. The number of carbonyl (C=O) groups excluding carboxylic acids is 1. The van der Waals surface area contributed by atoms with Crippen molar-refractivity contribution in [3.05, 3.63) is 65.7 Å². The topological polar surface area (TPSA) is 112 Å². The van der Waals surface area contributed by atoms with Gasteiger partial charge in [-0.25, -0.2) is 24.0 Å². The molecule has 2 unspecified atom stereocenters. The molecule has 3 aromatic heterocycles. The van der Waals surface area contributed by atoms with Gasteiger partial charge in [-0.15, -0.1) is 0 Å². The first-order chi connectivity index (χ1) is 14.2. The second-order valence-corrected chi connectivity index (χ2v) is 6.80. The number of hydrogen-bond acceptors (Lipinski definition) is 7. The Morgan fingerprint density at radius 3 is 2.90 bits per heavy atom. The van der Waals surface area contributed by atoms with Gasteiger partial charge in [-0.05, 0) is 18.2 Å². The predicted octanol–water partition coefficient (Wildman–Crippen LogP) is 2.07. The van der Waals surface area contributed by atoms with E-state index in [1.54, 1.807) is 41.3 Å². The molecule has 0 saturated heterocycles. The maximum Gasteiger partial charge on any atom is 0.182 e. The quantitative estimate of drug-likeness (QED) is 0.514. The zero-order valence-corrected chi connectivity index (χ0v) is 15.2. The molecule has 8 nitrogen and oxygen atoms in total. The molecule has 0 amide bonds. The number of pyridine rings is 1. The van der Waals surface area contributed by atoms with Crippen LogP contribution in [0.15, 0.2) is 48.8 Å². The number of hydrogen-bond donors (Lipinski definition) is 2. The van der Waals surface area contributed by atoms with Gasteiger partial charge in [-0.1, -0.05) is 18.2 Å². The van der Waals surface area contributed by atoms with Gasteiger partial charge in [0.05, 0.1) is 18.0 Å². The number of nitrogens with one attached hydrogen (secondary N) is 1. The lowest BCUT2D eigenvalue weighted by atomic mass is 10.1. The molecular formula is C20H16FN7O. The fourth-order valence-corrected chi connectivity index (χ4v) is 3.50. The van der Waals surface area contributed by atoms with Crippen LogP contribution in [0.2, 0.25) is 0 Å². The molecule has 5 rings (SSSR count). The summed E-state index contributed by atoms with van der Waals surface area (Å²) in [5.74, 6) is 0.584. The van der Waals surface area contributed by atoms with Gasteiger partial charge in [-0.3, -0.25) is 0 Å². The van der Waals surface area contributed by atoms with Crippen LogP contribution >= 0.6 is 0 Å². The Morgan fingerprint density at radius 1 is 1.21 bits per heavy atom. The van der Waals surface area contributed by atoms with Crippen molar-refractivity contribution < 1.29 is 9.18 Å². The van der Waals surface area contributed by atoms with E-state index in [0.717, 1.165) is 11.7 Å². The molecule has 4 aromatic rings. The average molecular weight is 389 g/mol. The van der Waals surface area contributed by atoms with E-state index in [2.05, 4.69) is 25.4 Å². The van der Waals surface area contributed by atoms with E-state index in [9.17, 15) is 9.18 Å². The lowest BCUT2D eigenvalue weighted by Crippen LogP contribution is -2.27. The van der Waals surface area contributed by atoms with E-state index in [0.29, 0.717) is 34.1 Å². The molecule has 0 fully saturated rings. The highest BCUT2D eigenvalue weighted by molar-refractivity contribution is 5.89. The summed E-state index contributed by atoms with van der Waals surface area (Å²) >= 11 is 0. The van der Waals surface area contributed by atoms with Crippen molar-refractivity contribution in [2.45, 2.75) is 18.6 Å². The highest BCUT2D eigenvalue weighted by Gasteiger charge is 2.31. The zero-order valence-electron chi connectivity index (χ0n) is 15.2. The van der Waals surface area contributed by atoms with Gasteiger partial charge in [-0.2, -0.15) is 5.10 Å². The molecule has 2 atom stereocenters. The number of benzene rings is 1. The van der Waals surface area contributed by atoms with Crippen molar-refractivity contribution >= 4 is 23.1 Å². The predicted molar refractivity (Wildman–Crippen MR) is 104 cm³/mol. The maximum absolute atomic E-state index is 14.1.